The van der Waals surface area contributed by atoms with E-state index in [4.69, 9.17) is 14.8 Å². The third-order valence-electron chi connectivity index (χ3n) is 5.19. The van der Waals surface area contributed by atoms with E-state index in [1.54, 1.807) is 22.1 Å². The molecule has 4 aromatic rings. The predicted molar refractivity (Wildman–Crippen MR) is 119 cm³/mol. The van der Waals surface area contributed by atoms with Gasteiger partial charge in [-0.15, -0.1) is 0 Å². The van der Waals surface area contributed by atoms with Crippen molar-refractivity contribution in [2.24, 2.45) is 0 Å². The van der Waals surface area contributed by atoms with E-state index in [9.17, 15) is 4.79 Å². The highest BCUT2D eigenvalue weighted by Crippen LogP contribution is 2.41. The van der Waals surface area contributed by atoms with Crippen molar-refractivity contribution < 1.29 is 9.53 Å². The molecule has 1 N–H and O–H groups in total. The number of aryl methyl sites for hydroxylation is 1. The first kappa shape index (κ1) is 18.6. The number of hydrogen-bond donors (Lipinski definition) is 1. The summed E-state index contributed by atoms with van der Waals surface area (Å²) in [5, 5.41) is 8.51. The van der Waals surface area contributed by atoms with Gasteiger partial charge in [-0.2, -0.15) is 9.78 Å². The smallest absolute Gasteiger partial charge is 0.226 e. The van der Waals surface area contributed by atoms with Crippen LogP contribution in [0.2, 0.25) is 0 Å². The SMILES string of the molecule is C=CCOc1cccc([C@@H]2CC(=O)Nc3c2c(C)nn3-c2nc3ccccc3s2)c1. The number of para-hydroxylation sites is 1. The van der Waals surface area contributed by atoms with Crippen molar-refractivity contribution in [3.05, 3.63) is 78.0 Å². The second kappa shape index (κ2) is 7.42. The Kier molecular flexibility index (Phi) is 4.59. The highest BCUT2D eigenvalue weighted by Gasteiger charge is 2.33. The average Bonchev–Trinajstić information content (AvgIpc) is 3.33. The zero-order valence-corrected chi connectivity index (χ0v) is 17.3. The summed E-state index contributed by atoms with van der Waals surface area (Å²) in [4.78, 5) is 17.3. The Morgan fingerprint density at radius 3 is 3.00 bits per heavy atom. The number of nitrogens with one attached hydrogen (secondary N) is 1. The second-order valence-corrected chi connectivity index (χ2v) is 8.21. The molecule has 1 amide bonds. The van der Waals surface area contributed by atoms with Crippen LogP contribution in [0.15, 0.2) is 61.2 Å². The summed E-state index contributed by atoms with van der Waals surface area (Å²) in [5.41, 5.74) is 3.85. The molecule has 0 saturated heterocycles. The fraction of sp³-hybridized carbons (Fsp3) is 0.174. The van der Waals surface area contributed by atoms with Crippen LogP contribution in [0.4, 0.5) is 5.82 Å². The van der Waals surface area contributed by atoms with E-state index in [2.05, 4.69) is 11.9 Å². The molecule has 2 aromatic heterocycles. The van der Waals surface area contributed by atoms with Crippen molar-refractivity contribution in [3.63, 3.8) is 0 Å². The van der Waals surface area contributed by atoms with Crippen molar-refractivity contribution >= 4 is 33.3 Å². The third-order valence-corrected chi connectivity index (χ3v) is 6.21. The number of fused-ring (bicyclic) bond motifs is 2. The van der Waals surface area contributed by atoms with Crippen molar-refractivity contribution in [2.75, 3.05) is 11.9 Å². The number of nitrogens with zero attached hydrogens (tertiary/aromatic N) is 3. The summed E-state index contributed by atoms with van der Waals surface area (Å²) in [6, 6.07) is 15.9. The molecule has 1 aliphatic heterocycles. The van der Waals surface area contributed by atoms with Gasteiger partial charge < -0.3 is 10.1 Å². The van der Waals surface area contributed by atoms with E-state index in [0.717, 1.165) is 37.9 Å². The zero-order chi connectivity index (χ0) is 20.7. The summed E-state index contributed by atoms with van der Waals surface area (Å²) in [5.74, 6) is 1.33. The Hall–Kier alpha value is -3.45. The molecule has 0 spiro atoms. The van der Waals surface area contributed by atoms with E-state index >= 15 is 0 Å². The van der Waals surface area contributed by atoms with Crippen molar-refractivity contribution in [3.8, 4) is 10.9 Å². The molecule has 0 aliphatic carbocycles. The van der Waals surface area contributed by atoms with Crippen LogP contribution in [0.1, 0.15) is 29.2 Å². The van der Waals surface area contributed by atoms with Gasteiger partial charge in [0.15, 0.2) is 0 Å². The van der Waals surface area contributed by atoms with Gasteiger partial charge in [0.2, 0.25) is 11.0 Å². The number of carbonyl (C=O) groups excluding carboxylic acids is 1. The maximum Gasteiger partial charge on any atom is 0.226 e. The number of benzene rings is 2. The van der Waals surface area contributed by atoms with Crippen molar-refractivity contribution in [1.82, 2.24) is 14.8 Å². The number of ether oxygens (including phenoxy) is 1. The lowest BCUT2D eigenvalue weighted by Crippen LogP contribution is -2.25. The molecule has 2 aromatic carbocycles. The van der Waals surface area contributed by atoms with Crippen LogP contribution in [0.3, 0.4) is 0 Å². The monoisotopic (exact) mass is 416 g/mol. The van der Waals surface area contributed by atoms with Crippen LogP contribution in [0, 0.1) is 6.92 Å². The van der Waals surface area contributed by atoms with Gasteiger partial charge >= 0.3 is 0 Å². The topological polar surface area (TPSA) is 69.0 Å². The number of aromatic nitrogens is 3. The Labute approximate surface area is 177 Å². The molecular weight excluding hydrogens is 396 g/mol. The fourth-order valence-electron chi connectivity index (χ4n) is 3.90. The minimum absolute atomic E-state index is 0.0350. The standard InChI is InChI=1S/C23H20N4O2S/c1-3-11-29-16-8-6-7-15(12-16)17-13-20(28)25-22-21(17)14(2)26-27(22)23-24-18-9-4-5-10-19(18)30-23/h3-10,12,17H,1,11,13H2,2H3,(H,25,28)/t17-/m0/s1. The van der Waals surface area contributed by atoms with Crippen LogP contribution < -0.4 is 10.1 Å². The van der Waals surface area contributed by atoms with Gasteiger partial charge in [-0.1, -0.05) is 48.3 Å². The number of hydrogen-bond acceptors (Lipinski definition) is 5. The lowest BCUT2D eigenvalue weighted by Gasteiger charge is -2.24. The number of anilines is 1. The van der Waals surface area contributed by atoms with Gasteiger partial charge in [-0.05, 0) is 36.8 Å². The fourth-order valence-corrected chi connectivity index (χ4v) is 4.82. The summed E-state index contributed by atoms with van der Waals surface area (Å²) in [6.07, 6.45) is 2.08. The number of carbonyl (C=O) groups is 1. The van der Waals surface area contributed by atoms with Gasteiger partial charge in [0.1, 0.15) is 18.2 Å². The molecule has 0 radical (unpaired) electrons. The number of thiazole rings is 1. The molecule has 7 heteroatoms. The Morgan fingerprint density at radius 1 is 1.30 bits per heavy atom. The van der Waals surface area contributed by atoms with Crippen molar-refractivity contribution in [2.45, 2.75) is 19.3 Å². The lowest BCUT2D eigenvalue weighted by atomic mass is 9.86. The van der Waals surface area contributed by atoms with E-state index in [1.165, 1.54) is 0 Å². The van der Waals surface area contributed by atoms with Gasteiger partial charge in [-0.25, -0.2) is 4.98 Å². The molecule has 3 heterocycles. The molecule has 0 bridgehead atoms. The molecule has 150 valence electrons. The zero-order valence-electron chi connectivity index (χ0n) is 16.5. The van der Waals surface area contributed by atoms with E-state index in [-0.39, 0.29) is 11.8 Å². The van der Waals surface area contributed by atoms with E-state index in [1.807, 2.05) is 55.5 Å². The van der Waals surface area contributed by atoms with Gasteiger partial charge in [-0.3, -0.25) is 4.79 Å². The van der Waals surface area contributed by atoms with Gasteiger partial charge in [0, 0.05) is 17.9 Å². The van der Waals surface area contributed by atoms with Gasteiger partial charge in [0.05, 0.1) is 15.9 Å². The molecule has 0 saturated carbocycles. The van der Waals surface area contributed by atoms with Crippen LogP contribution in [0.5, 0.6) is 5.75 Å². The molecule has 0 unspecified atom stereocenters. The largest absolute Gasteiger partial charge is 0.490 e. The molecule has 1 atom stereocenters. The second-order valence-electron chi connectivity index (χ2n) is 7.20. The predicted octanol–water partition coefficient (Wildman–Crippen LogP) is 4.83. The number of amides is 1. The van der Waals surface area contributed by atoms with Crippen LogP contribution in [0.25, 0.3) is 15.3 Å². The van der Waals surface area contributed by atoms with Crippen LogP contribution >= 0.6 is 11.3 Å². The summed E-state index contributed by atoms with van der Waals surface area (Å²) >= 11 is 1.55. The minimum atomic E-state index is -0.0934. The first-order valence-electron chi connectivity index (χ1n) is 9.73. The first-order chi connectivity index (χ1) is 14.6. The normalized spacial score (nSPS) is 15.6. The maximum absolute atomic E-state index is 12.6. The minimum Gasteiger partial charge on any atom is -0.490 e. The Morgan fingerprint density at radius 2 is 2.17 bits per heavy atom. The maximum atomic E-state index is 12.6. The number of rotatable bonds is 5. The average molecular weight is 417 g/mol. The molecule has 1 aliphatic rings. The highest BCUT2D eigenvalue weighted by atomic mass is 32.1. The molecule has 0 fully saturated rings. The molecule has 6 nitrogen and oxygen atoms in total. The summed E-state index contributed by atoms with van der Waals surface area (Å²) in [7, 11) is 0. The Balaban J connectivity index is 1.60. The van der Waals surface area contributed by atoms with Crippen LogP contribution in [-0.2, 0) is 4.79 Å². The van der Waals surface area contributed by atoms with E-state index < -0.39 is 0 Å². The lowest BCUT2D eigenvalue weighted by molar-refractivity contribution is -0.116. The summed E-state index contributed by atoms with van der Waals surface area (Å²) < 4.78 is 8.54. The quantitative estimate of drug-likeness (QED) is 0.473. The molecule has 5 rings (SSSR count). The highest BCUT2D eigenvalue weighted by molar-refractivity contribution is 7.20. The third kappa shape index (κ3) is 3.17. The van der Waals surface area contributed by atoms with E-state index in [0.29, 0.717) is 18.8 Å². The van der Waals surface area contributed by atoms with Gasteiger partial charge in [0.25, 0.3) is 0 Å². The van der Waals surface area contributed by atoms with Crippen LogP contribution in [-0.4, -0.2) is 27.3 Å². The molecule has 30 heavy (non-hydrogen) atoms. The van der Waals surface area contributed by atoms with Crippen molar-refractivity contribution in [1.29, 1.82) is 0 Å². The molecular formula is C23H20N4O2S. The Bertz CT molecular complexity index is 1240. The first-order valence-corrected chi connectivity index (χ1v) is 10.5. The summed E-state index contributed by atoms with van der Waals surface area (Å²) in [6.45, 7) is 6.11.